The molecule has 3 aromatic heterocycles. The van der Waals surface area contributed by atoms with Crippen molar-refractivity contribution in [3.63, 3.8) is 0 Å². The van der Waals surface area contributed by atoms with Crippen LogP contribution < -0.4 is 5.32 Å². The quantitative estimate of drug-likeness (QED) is 0.302. The monoisotopic (exact) mass is 544 g/mol. The number of rotatable bonds is 3. The highest BCUT2D eigenvalue weighted by atomic mass is 32.1. The summed E-state index contributed by atoms with van der Waals surface area (Å²) >= 11 is 1.39. The summed E-state index contributed by atoms with van der Waals surface area (Å²) in [6.45, 7) is 9.32. The van der Waals surface area contributed by atoms with E-state index in [0.717, 1.165) is 57.3 Å². The van der Waals surface area contributed by atoms with Gasteiger partial charge in [-0.15, -0.1) is 11.3 Å². The third kappa shape index (κ3) is 4.96. The SMILES string of the molecule is Cc1c[nH]c2ncc(-c3cc4c(c([C@@H]5CCCN5C(=O)OC(C)(C)C)c3)CN(C(=O)Nc3nccs3)C4)cc12. The number of aromatic amines is 1. The number of urea groups is 1. The first-order valence-electron chi connectivity index (χ1n) is 13.2. The van der Waals surface area contributed by atoms with Crippen molar-refractivity contribution in [2.24, 2.45) is 0 Å². The van der Waals surface area contributed by atoms with Gasteiger partial charge in [0.25, 0.3) is 0 Å². The number of carbonyl (C=O) groups excluding carboxylic acids is 2. The van der Waals surface area contributed by atoms with Crippen LogP contribution in [-0.2, 0) is 17.8 Å². The Hall–Kier alpha value is -3.92. The Kier molecular flexibility index (Phi) is 6.29. The average Bonchev–Trinajstić information content (AvgIpc) is 3.69. The number of likely N-dealkylation sites (tertiary alicyclic amines) is 1. The van der Waals surface area contributed by atoms with E-state index in [4.69, 9.17) is 4.74 Å². The third-order valence-corrected chi connectivity index (χ3v) is 8.02. The fourth-order valence-corrected chi connectivity index (χ4v) is 6.05. The van der Waals surface area contributed by atoms with Crippen LogP contribution in [0.25, 0.3) is 22.2 Å². The Morgan fingerprint density at radius 1 is 1.15 bits per heavy atom. The summed E-state index contributed by atoms with van der Waals surface area (Å²) in [5, 5.41) is 6.39. The summed E-state index contributed by atoms with van der Waals surface area (Å²) in [4.78, 5) is 42.0. The molecule has 1 atom stereocenters. The van der Waals surface area contributed by atoms with Gasteiger partial charge in [-0.1, -0.05) is 0 Å². The molecule has 39 heavy (non-hydrogen) atoms. The van der Waals surface area contributed by atoms with E-state index in [0.29, 0.717) is 24.8 Å². The smallest absolute Gasteiger partial charge is 0.410 e. The first-order valence-corrected chi connectivity index (χ1v) is 14.1. The summed E-state index contributed by atoms with van der Waals surface area (Å²) in [5.74, 6) is 0. The fraction of sp³-hybridized carbons (Fsp3) is 0.379. The van der Waals surface area contributed by atoms with E-state index in [1.807, 2.05) is 43.4 Å². The average molecular weight is 545 g/mol. The summed E-state index contributed by atoms with van der Waals surface area (Å²) in [5.41, 5.74) is 6.69. The molecule has 0 spiro atoms. The lowest BCUT2D eigenvalue weighted by Crippen LogP contribution is -2.36. The number of hydrogen-bond acceptors (Lipinski definition) is 6. The summed E-state index contributed by atoms with van der Waals surface area (Å²) < 4.78 is 5.77. The molecule has 2 aliphatic rings. The number of nitrogens with zero attached hydrogens (tertiary/aromatic N) is 4. The highest BCUT2D eigenvalue weighted by Crippen LogP contribution is 2.41. The van der Waals surface area contributed by atoms with Crippen molar-refractivity contribution in [3.8, 4) is 11.1 Å². The number of carbonyl (C=O) groups is 2. The third-order valence-electron chi connectivity index (χ3n) is 7.33. The number of benzene rings is 1. The molecule has 9 nitrogen and oxygen atoms in total. The van der Waals surface area contributed by atoms with Crippen LogP contribution in [0.5, 0.6) is 0 Å². The van der Waals surface area contributed by atoms with Crippen molar-refractivity contribution in [2.45, 2.75) is 65.3 Å². The molecule has 3 amide bonds. The standard InChI is InChI=1S/C29H32N6O3S/c1-17-13-31-25-21(17)12-19(14-32-25)18-10-20-15-34(27(36)33-26-30-7-9-39-26)16-23(20)22(11-18)24-6-5-8-35(24)28(37)38-29(2,3)4/h7,9-14,24H,5-6,8,15-16H2,1-4H3,(H,31,32)(H,30,33,36)/t24-/m0/s1. The van der Waals surface area contributed by atoms with Gasteiger partial charge < -0.3 is 19.5 Å². The second-order valence-corrected chi connectivity index (χ2v) is 12.1. The van der Waals surface area contributed by atoms with E-state index in [-0.39, 0.29) is 18.2 Å². The van der Waals surface area contributed by atoms with Gasteiger partial charge in [0.05, 0.1) is 6.04 Å². The number of thiazole rings is 1. The molecular formula is C29H32N6O3S. The molecular weight excluding hydrogens is 512 g/mol. The highest BCUT2D eigenvalue weighted by molar-refractivity contribution is 7.13. The molecule has 202 valence electrons. The van der Waals surface area contributed by atoms with Crippen molar-refractivity contribution in [3.05, 3.63) is 64.4 Å². The number of aromatic nitrogens is 3. The van der Waals surface area contributed by atoms with Gasteiger partial charge in [-0.3, -0.25) is 5.32 Å². The summed E-state index contributed by atoms with van der Waals surface area (Å²) in [6.07, 6.45) is 6.96. The zero-order valence-electron chi connectivity index (χ0n) is 22.6. The van der Waals surface area contributed by atoms with Crippen LogP contribution >= 0.6 is 11.3 Å². The molecule has 4 aromatic rings. The van der Waals surface area contributed by atoms with Crippen molar-refractivity contribution < 1.29 is 14.3 Å². The van der Waals surface area contributed by atoms with Crippen LogP contribution in [0.1, 0.15) is 61.9 Å². The lowest BCUT2D eigenvalue weighted by molar-refractivity contribution is 0.0223. The van der Waals surface area contributed by atoms with E-state index < -0.39 is 5.60 Å². The molecule has 1 fully saturated rings. The number of pyridine rings is 1. The van der Waals surface area contributed by atoms with Crippen LogP contribution in [0.4, 0.5) is 14.7 Å². The minimum Gasteiger partial charge on any atom is -0.444 e. The van der Waals surface area contributed by atoms with E-state index in [1.165, 1.54) is 11.3 Å². The Balaban J connectivity index is 1.39. The van der Waals surface area contributed by atoms with Gasteiger partial charge in [0.15, 0.2) is 5.13 Å². The number of H-pyrrole nitrogens is 1. The number of anilines is 1. The molecule has 2 aliphatic heterocycles. The topological polar surface area (TPSA) is 103 Å². The molecule has 1 aromatic carbocycles. The largest absolute Gasteiger partial charge is 0.444 e. The van der Waals surface area contributed by atoms with Crippen molar-refractivity contribution >= 4 is 39.6 Å². The number of aryl methyl sites for hydroxylation is 1. The van der Waals surface area contributed by atoms with Crippen LogP contribution in [0.3, 0.4) is 0 Å². The van der Waals surface area contributed by atoms with Gasteiger partial charge in [0, 0.05) is 54.6 Å². The number of nitrogens with one attached hydrogen (secondary N) is 2. The van der Waals surface area contributed by atoms with Gasteiger partial charge in [0.2, 0.25) is 0 Å². The Morgan fingerprint density at radius 2 is 2.00 bits per heavy atom. The molecule has 0 radical (unpaired) electrons. The van der Waals surface area contributed by atoms with Crippen molar-refractivity contribution in [1.29, 1.82) is 0 Å². The fourth-order valence-electron chi connectivity index (χ4n) is 5.53. The van der Waals surface area contributed by atoms with E-state index in [2.05, 4.69) is 45.4 Å². The summed E-state index contributed by atoms with van der Waals surface area (Å²) in [7, 11) is 0. The van der Waals surface area contributed by atoms with Crippen LogP contribution in [0.2, 0.25) is 0 Å². The minimum absolute atomic E-state index is 0.124. The van der Waals surface area contributed by atoms with E-state index >= 15 is 0 Å². The number of amides is 3. The maximum atomic E-state index is 13.2. The van der Waals surface area contributed by atoms with Gasteiger partial charge in [-0.05, 0) is 86.6 Å². The first-order chi connectivity index (χ1) is 18.7. The number of ether oxygens (including phenoxy) is 1. The molecule has 0 saturated carbocycles. The lowest BCUT2D eigenvalue weighted by Gasteiger charge is -2.30. The zero-order chi connectivity index (χ0) is 27.3. The van der Waals surface area contributed by atoms with Crippen molar-refractivity contribution in [2.75, 3.05) is 11.9 Å². The maximum absolute atomic E-state index is 13.2. The van der Waals surface area contributed by atoms with E-state index in [1.54, 1.807) is 11.1 Å². The summed E-state index contributed by atoms with van der Waals surface area (Å²) in [6, 6.07) is 6.19. The Bertz CT molecular complexity index is 1560. The highest BCUT2D eigenvalue weighted by Gasteiger charge is 2.37. The van der Waals surface area contributed by atoms with Crippen LogP contribution in [0, 0.1) is 6.92 Å². The van der Waals surface area contributed by atoms with Gasteiger partial charge in [0.1, 0.15) is 11.2 Å². The van der Waals surface area contributed by atoms with E-state index in [9.17, 15) is 9.59 Å². The molecule has 0 aliphatic carbocycles. The molecule has 2 N–H and O–H groups in total. The van der Waals surface area contributed by atoms with Gasteiger partial charge in [-0.2, -0.15) is 0 Å². The second kappa shape index (κ2) is 9.68. The van der Waals surface area contributed by atoms with Gasteiger partial charge in [-0.25, -0.2) is 19.6 Å². The maximum Gasteiger partial charge on any atom is 0.410 e. The molecule has 10 heteroatoms. The predicted molar refractivity (Wildman–Crippen MR) is 152 cm³/mol. The number of hydrogen-bond donors (Lipinski definition) is 2. The predicted octanol–water partition coefficient (Wildman–Crippen LogP) is 6.61. The molecule has 0 bridgehead atoms. The first kappa shape index (κ1) is 25.4. The lowest BCUT2D eigenvalue weighted by atomic mass is 9.91. The Morgan fingerprint density at radius 3 is 2.77 bits per heavy atom. The van der Waals surface area contributed by atoms with Crippen molar-refractivity contribution in [1.82, 2.24) is 24.8 Å². The second-order valence-electron chi connectivity index (χ2n) is 11.3. The molecule has 0 unspecified atom stereocenters. The van der Waals surface area contributed by atoms with Crippen LogP contribution in [0.15, 0.2) is 42.2 Å². The zero-order valence-corrected chi connectivity index (χ0v) is 23.4. The number of fused-ring (bicyclic) bond motifs is 2. The van der Waals surface area contributed by atoms with Crippen LogP contribution in [-0.4, -0.2) is 49.0 Å². The normalized spacial score (nSPS) is 17.1. The molecule has 1 saturated heterocycles. The molecule has 5 heterocycles. The molecule has 6 rings (SSSR count). The Labute approximate surface area is 231 Å². The van der Waals surface area contributed by atoms with Gasteiger partial charge >= 0.3 is 12.1 Å². The minimum atomic E-state index is -0.575.